The number of methoxy groups -OCH3 is 1. The van der Waals surface area contributed by atoms with Crippen LogP contribution in [0.1, 0.15) is 10.4 Å². The highest BCUT2D eigenvalue weighted by Crippen LogP contribution is 2.29. The molecule has 0 saturated carbocycles. The van der Waals surface area contributed by atoms with E-state index in [1.54, 1.807) is 55.0 Å². The number of anilines is 2. The third-order valence-corrected chi connectivity index (χ3v) is 4.38. The predicted octanol–water partition coefficient (Wildman–Crippen LogP) is 4.03. The molecule has 0 bridgehead atoms. The molecule has 2 aromatic heterocycles. The highest BCUT2D eigenvalue weighted by Gasteiger charge is 2.18. The number of ether oxygens (including phenoxy) is 1. The van der Waals surface area contributed by atoms with E-state index < -0.39 is 0 Å². The van der Waals surface area contributed by atoms with Gasteiger partial charge in [0.2, 0.25) is 5.95 Å². The number of hydrogen-bond acceptors (Lipinski definition) is 6. The maximum atomic E-state index is 12.8. The molecule has 0 aliphatic heterocycles. The van der Waals surface area contributed by atoms with Gasteiger partial charge in [0.1, 0.15) is 5.75 Å². The van der Waals surface area contributed by atoms with Crippen LogP contribution in [-0.2, 0) is 0 Å². The van der Waals surface area contributed by atoms with E-state index in [2.05, 4.69) is 20.4 Å². The van der Waals surface area contributed by atoms with Crippen LogP contribution in [0.25, 0.3) is 11.3 Å². The van der Waals surface area contributed by atoms with Crippen LogP contribution in [0.2, 0.25) is 0 Å². The summed E-state index contributed by atoms with van der Waals surface area (Å²) in [6.07, 6.45) is 4.97. The van der Waals surface area contributed by atoms with E-state index in [0.717, 1.165) is 11.3 Å². The monoisotopic (exact) mass is 397 g/mol. The summed E-state index contributed by atoms with van der Waals surface area (Å²) in [6, 6.07) is 21.9. The van der Waals surface area contributed by atoms with Crippen LogP contribution in [0.3, 0.4) is 0 Å². The molecule has 1 amide bonds. The molecule has 0 fully saturated rings. The summed E-state index contributed by atoms with van der Waals surface area (Å²) in [5, 5.41) is 1.56. The smallest absolute Gasteiger partial charge is 0.270 e. The summed E-state index contributed by atoms with van der Waals surface area (Å²) >= 11 is 0. The Morgan fingerprint density at radius 2 is 1.67 bits per heavy atom. The number of nitrogens with one attached hydrogen (secondary N) is 1. The van der Waals surface area contributed by atoms with Crippen molar-refractivity contribution in [2.45, 2.75) is 0 Å². The number of nitrogens with zero attached hydrogens (tertiary/aromatic N) is 4. The first-order valence-corrected chi connectivity index (χ1v) is 9.29. The van der Waals surface area contributed by atoms with Gasteiger partial charge in [-0.25, -0.2) is 15.0 Å². The van der Waals surface area contributed by atoms with Crippen LogP contribution < -0.4 is 15.2 Å². The molecule has 0 atom stereocenters. The Bertz CT molecular complexity index is 1140. The highest BCUT2D eigenvalue weighted by molar-refractivity contribution is 5.95. The third-order valence-electron chi connectivity index (χ3n) is 4.38. The number of pyridine rings is 1. The molecule has 7 heteroatoms. The zero-order valence-corrected chi connectivity index (χ0v) is 16.3. The lowest BCUT2D eigenvalue weighted by Gasteiger charge is -2.23. The number of carbonyl (C=O) groups excluding carboxylic acids is 1. The third kappa shape index (κ3) is 4.10. The Hall–Kier alpha value is -4.26. The normalized spacial score (nSPS) is 10.3. The van der Waals surface area contributed by atoms with E-state index in [4.69, 9.17) is 4.74 Å². The maximum absolute atomic E-state index is 12.8. The number of benzene rings is 2. The molecular formula is C23H19N5O2. The zero-order valence-electron chi connectivity index (χ0n) is 16.3. The Kier molecular flexibility index (Phi) is 5.61. The average molecular weight is 397 g/mol. The number of amides is 1. The van der Waals surface area contributed by atoms with Crippen molar-refractivity contribution >= 4 is 17.5 Å². The Balaban J connectivity index is 1.74. The molecule has 30 heavy (non-hydrogen) atoms. The molecule has 2 aromatic carbocycles. The number of carbonyl (C=O) groups is 1. The molecule has 4 aromatic rings. The molecule has 0 spiro atoms. The molecule has 0 radical (unpaired) electrons. The number of para-hydroxylation sites is 1. The molecule has 0 aliphatic rings. The summed E-state index contributed by atoms with van der Waals surface area (Å²) < 4.78 is 5.42. The van der Waals surface area contributed by atoms with E-state index in [1.807, 2.05) is 48.5 Å². The molecule has 2 heterocycles. The molecule has 1 N–H and O–H groups in total. The standard InChI is InChI=1S/C23H19N5O2/c1-30-21-13-14-24-16-19(21)20-12-15-25-23(26-20)28(18-10-6-3-7-11-18)27-22(29)17-8-4-2-5-9-17/h2-16H,1H3,(H,27,29). The van der Waals surface area contributed by atoms with Crippen molar-refractivity contribution in [3.63, 3.8) is 0 Å². The Morgan fingerprint density at radius 1 is 0.933 bits per heavy atom. The quantitative estimate of drug-likeness (QED) is 0.495. The molecule has 0 aliphatic carbocycles. The SMILES string of the molecule is COc1ccncc1-c1ccnc(N(NC(=O)c2ccccc2)c2ccccc2)n1. The fraction of sp³-hybridized carbons (Fsp3) is 0.0435. The van der Waals surface area contributed by atoms with Crippen LogP contribution in [0, 0.1) is 0 Å². The zero-order chi connectivity index (χ0) is 20.8. The highest BCUT2D eigenvalue weighted by atomic mass is 16.5. The summed E-state index contributed by atoms with van der Waals surface area (Å²) in [5.41, 5.74) is 5.50. The lowest BCUT2D eigenvalue weighted by Crippen LogP contribution is -2.40. The lowest BCUT2D eigenvalue weighted by atomic mass is 10.2. The summed E-state index contributed by atoms with van der Waals surface area (Å²) in [7, 11) is 1.59. The minimum atomic E-state index is -0.271. The second-order valence-electron chi connectivity index (χ2n) is 6.30. The largest absolute Gasteiger partial charge is 0.496 e. The van der Waals surface area contributed by atoms with Crippen LogP contribution >= 0.6 is 0 Å². The predicted molar refractivity (Wildman–Crippen MR) is 114 cm³/mol. The number of aromatic nitrogens is 3. The first kappa shape index (κ1) is 19.1. The van der Waals surface area contributed by atoms with Crippen LogP contribution in [0.15, 0.2) is 91.4 Å². The topological polar surface area (TPSA) is 80.2 Å². The van der Waals surface area contributed by atoms with E-state index in [9.17, 15) is 4.79 Å². The van der Waals surface area contributed by atoms with Gasteiger partial charge in [-0.05, 0) is 36.4 Å². The van der Waals surface area contributed by atoms with Gasteiger partial charge in [0.15, 0.2) is 0 Å². The number of hydrazine groups is 1. The summed E-state index contributed by atoms with van der Waals surface area (Å²) in [6.45, 7) is 0. The van der Waals surface area contributed by atoms with Crippen molar-refractivity contribution in [2.24, 2.45) is 0 Å². The molecule has 0 saturated heterocycles. The van der Waals surface area contributed by atoms with Gasteiger partial charge in [0.25, 0.3) is 5.91 Å². The fourth-order valence-corrected chi connectivity index (χ4v) is 2.92. The summed E-state index contributed by atoms with van der Waals surface area (Å²) in [5.74, 6) is 0.690. The van der Waals surface area contributed by atoms with Crippen molar-refractivity contribution in [1.82, 2.24) is 20.4 Å². The van der Waals surface area contributed by atoms with E-state index in [-0.39, 0.29) is 5.91 Å². The Labute approximate surface area is 174 Å². The molecule has 4 rings (SSSR count). The maximum Gasteiger partial charge on any atom is 0.270 e. The van der Waals surface area contributed by atoms with Crippen molar-refractivity contribution in [3.05, 3.63) is 97.0 Å². The van der Waals surface area contributed by atoms with Gasteiger partial charge in [-0.3, -0.25) is 15.2 Å². The van der Waals surface area contributed by atoms with Crippen LogP contribution in [0.5, 0.6) is 5.75 Å². The van der Waals surface area contributed by atoms with Gasteiger partial charge in [-0.2, -0.15) is 0 Å². The van der Waals surface area contributed by atoms with E-state index >= 15 is 0 Å². The van der Waals surface area contributed by atoms with Gasteiger partial charge in [-0.1, -0.05) is 36.4 Å². The molecular weight excluding hydrogens is 378 g/mol. The molecule has 0 unspecified atom stereocenters. The van der Waals surface area contributed by atoms with Gasteiger partial charge >= 0.3 is 0 Å². The van der Waals surface area contributed by atoms with Crippen LogP contribution in [0.4, 0.5) is 11.6 Å². The number of rotatable bonds is 6. The second kappa shape index (κ2) is 8.83. The minimum Gasteiger partial charge on any atom is -0.496 e. The molecule has 148 valence electrons. The summed E-state index contributed by atoms with van der Waals surface area (Å²) in [4.78, 5) is 26.0. The minimum absolute atomic E-state index is 0.271. The van der Waals surface area contributed by atoms with Gasteiger partial charge < -0.3 is 4.74 Å². The van der Waals surface area contributed by atoms with E-state index in [1.165, 1.54) is 0 Å². The molecule has 7 nitrogen and oxygen atoms in total. The van der Waals surface area contributed by atoms with Gasteiger partial charge in [0.05, 0.1) is 24.1 Å². The van der Waals surface area contributed by atoms with Crippen molar-refractivity contribution in [2.75, 3.05) is 12.1 Å². The van der Waals surface area contributed by atoms with Crippen molar-refractivity contribution < 1.29 is 9.53 Å². The first-order valence-electron chi connectivity index (χ1n) is 9.29. The lowest BCUT2D eigenvalue weighted by molar-refractivity contribution is 0.0953. The second-order valence-corrected chi connectivity index (χ2v) is 6.30. The van der Waals surface area contributed by atoms with Crippen molar-refractivity contribution in [3.8, 4) is 17.0 Å². The van der Waals surface area contributed by atoms with E-state index in [0.29, 0.717) is 23.0 Å². The van der Waals surface area contributed by atoms with Gasteiger partial charge in [-0.15, -0.1) is 0 Å². The first-order chi connectivity index (χ1) is 14.8. The Morgan fingerprint density at radius 3 is 2.40 bits per heavy atom. The fourth-order valence-electron chi connectivity index (χ4n) is 2.92. The van der Waals surface area contributed by atoms with Crippen molar-refractivity contribution in [1.29, 1.82) is 0 Å². The van der Waals surface area contributed by atoms with Gasteiger partial charge in [0, 0.05) is 24.2 Å². The number of hydrogen-bond donors (Lipinski definition) is 1. The van der Waals surface area contributed by atoms with Crippen LogP contribution in [-0.4, -0.2) is 28.0 Å². The average Bonchev–Trinajstić information content (AvgIpc) is 2.83.